The van der Waals surface area contributed by atoms with E-state index >= 15 is 0 Å². The van der Waals surface area contributed by atoms with Crippen LogP contribution in [-0.2, 0) is 0 Å². The van der Waals surface area contributed by atoms with E-state index in [1.54, 1.807) is 0 Å². The van der Waals surface area contributed by atoms with Crippen molar-refractivity contribution in [3.8, 4) is 0 Å². The van der Waals surface area contributed by atoms with Gasteiger partial charge >= 0.3 is 0 Å². The van der Waals surface area contributed by atoms with Gasteiger partial charge in [-0.15, -0.1) is 0 Å². The molecule has 6 heteroatoms. The zero-order valence-electron chi connectivity index (χ0n) is 11.6. The van der Waals surface area contributed by atoms with Crippen LogP contribution in [0.2, 0.25) is 0 Å². The van der Waals surface area contributed by atoms with Crippen LogP contribution in [0.4, 0.5) is 8.78 Å². The second-order valence-electron chi connectivity index (χ2n) is 5.51. The monoisotopic (exact) mass is 307 g/mol. The Kier molecular flexibility index (Phi) is 3.94. The minimum absolute atomic E-state index is 0.0918. The van der Waals surface area contributed by atoms with E-state index in [1.807, 2.05) is 0 Å². The summed E-state index contributed by atoms with van der Waals surface area (Å²) in [4.78, 5) is 12.2. The van der Waals surface area contributed by atoms with Gasteiger partial charge < -0.3 is 14.8 Å². The summed E-state index contributed by atoms with van der Waals surface area (Å²) < 4.78 is 32.0. The predicted octanol–water partition coefficient (Wildman–Crippen LogP) is 2.80. The molecule has 1 heterocycles. The molecule has 2 N–H and O–H groups in total. The molecule has 1 aromatic carbocycles. The third-order valence-corrected chi connectivity index (χ3v) is 3.99. The molecule has 0 aliphatic heterocycles. The minimum atomic E-state index is -0.709. The summed E-state index contributed by atoms with van der Waals surface area (Å²) in [7, 11) is 0. The molecule has 1 atom stereocenters. The number of aliphatic hydroxyl groups is 1. The van der Waals surface area contributed by atoms with E-state index in [0.29, 0.717) is 18.4 Å². The van der Waals surface area contributed by atoms with Gasteiger partial charge in [0.05, 0.1) is 24.0 Å². The van der Waals surface area contributed by atoms with Crippen molar-refractivity contribution in [3.05, 3.63) is 59.6 Å². The molecule has 116 valence electrons. The maximum Gasteiger partial charge on any atom is 0.255 e. The highest BCUT2D eigenvalue weighted by Gasteiger charge is 2.37. The average Bonchev–Trinajstić information content (AvgIpc) is 2.96. The zero-order chi connectivity index (χ0) is 15.7. The second-order valence-corrected chi connectivity index (χ2v) is 5.51. The summed E-state index contributed by atoms with van der Waals surface area (Å²) in [6, 6.07) is 4.16. The van der Waals surface area contributed by atoms with Crippen molar-refractivity contribution in [2.45, 2.75) is 25.0 Å². The standard InChI is InChI=1S/C16H15F2NO3/c17-11-1-2-13(14(18)7-11)15(10-5-12(20)6-10)19-16(21)9-3-4-22-8-9/h1-4,7-8,10,12,15,20H,5-6H2,(H,19,21)/t10?,12?,15-/m1/s1. The number of hydrogen-bond acceptors (Lipinski definition) is 3. The van der Waals surface area contributed by atoms with Gasteiger partial charge in [-0.1, -0.05) is 6.07 Å². The van der Waals surface area contributed by atoms with Gasteiger partial charge in [-0.25, -0.2) is 8.78 Å². The third kappa shape index (κ3) is 2.87. The fourth-order valence-electron chi connectivity index (χ4n) is 2.72. The number of amides is 1. The van der Waals surface area contributed by atoms with Gasteiger partial charge in [0, 0.05) is 11.6 Å². The normalized spacial score (nSPS) is 22.0. The molecule has 0 radical (unpaired) electrons. The second kappa shape index (κ2) is 5.88. The number of hydrogen-bond donors (Lipinski definition) is 2. The SMILES string of the molecule is O=C(N[C@@H](c1ccc(F)cc1F)C1CC(O)C1)c1ccoc1. The molecular formula is C16H15F2NO3. The van der Waals surface area contributed by atoms with Crippen molar-refractivity contribution in [2.24, 2.45) is 5.92 Å². The first-order valence-electron chi connectivity index (χ1n) is 7.00. The number of furan rings is 1. The minimum Gasteiger partial charge on any atom is -0.472 e. The van der Waals surface area contributed by atoms with Gasteiger partial charge in [-0.3, -0.25) is 4.79 Å². The molecule has 0 spiro atoms. The van der Waals surface area contributed by atoms with E-state index in [4.69, 9.17) is 4.42 Å². The zero-order valence-corrected chi connectivity index (χ0v) is 11.6. The molecule has 1 aromatic heterocycles. The molecule has 2 aromatic rings. The van der Waals surface area contributed by atoms with E-state index in [9.17, 15) is 18.7 Å². The van der Waals surface area contributed by atoms with Crippen LogP contribution < -0.4 is 5.32 Å². The molecule has 1 aliphatic carbocycles. The molecule has 0 saturated heterocycles. The fraction of sp³-hybridized carbons (Fsp3) is 0.312. The Bertz CT molecular complexity index is 666. The first-order valence-corrected chi connectivity index (χ1v) is 7.00. The Morgan fingerprint density at radius 3 is 2.68 bits per heavy atom. The lowest BCUT2D eigenvalue weighted by atomic mass is 9.75. The smallest absolute Gasteiger partial charge is 0.255 e. The van der Waals surface area contributed by atoms with Crippen molar-refractivity contribution in [1.82, 2.24) is 5.32 Å². The molecule has 1 amide bonds. The summed E-state index contributed by atoms with van der Waals surface area (Å²) in [5, 5.41) is 12.2. The first kappa shape index (κ1) is 14.7. The van der Waals surface area contributed by atoms with Gasteiger partial charge in [0.2, 0.25) is 0 Å². The highest BCUT2D eigenvalue weighted by atomic mass is 19.1. The van der Waals surface area contributed by atoms with Gasteiger partial charge in [-0.05, 0) is 30.9 Å². The molecule has 1 saturated carbocycles. The van der Waals surface area contributed by atoms with Crippen LogP contribution in [0.5, 0.6) is 0 Å². The number of carbonyl (C=O) groups excluding carboxylic acids is 1. The maximum absolute atomic E-state index is 14.0. The Morgan fingerprint density at radius 2 is 2.09 bits per heavy atom. The fourth-order valence-corrected chi connectivity index (χ4v) is 2.72. The number of rotatable bonds is 4. The summed E-state index contributed by atoms with van der Waals surface area (Å²) >= 11 is 0. The van der Waals surface area contributed by atoms with Crippen LogP contribution >= 0.6 is 0 Å². The maximum atomic E-state index is 14.0. The van der Waals surface area contributed by atoms with Crippen molar-refractivity contribution >= 4 is 5.91 Å². The van der Waals surface area contributed by atoms with Crippen LogP contribution in [0.25, 0.3) is 0 Å². The number of carbonyl (C=O) groups is 1. The molecule has 0 unspecified atom stereocenters. The Balaban J connectivity index is 1.85. The number of aliphatic hydroxyl groups excluding tert-OH is 1. The van der Waals surface area contributed by atoms with E-state index < -0.39 is 29.7 Å². The van der Waals surface area contributed by atoms with Crippen LogP contribution in [0.3, 0.4) is 0 Å². The Morgan fingerprint density at radius 1 is 1.32 bits per heavy atom. The summed E-state index contributed by atoms with van der Waals surface area (Å²) in [6.07, 6.45) is 3.15. The lowest BCUT2D eigenvalue weighted by Gasteiger charge is -2.38. The van der Waals surface area contributed by atoms with Crippen molar-refractivity contribution in [1.29, 1.82) is 0 Å². The highest BCUT2D eigenvalue weighted by molar-refractivity contribution is 5.94. The van der Waals surface area contributed by atoms with E-state index in [0.717, 1.165) is 12.1 Å². The van der Waals surface area contributed by atoms with Gasteiger partial charge in [0.25, 0.3) is 5.91 Å². The van der Waals surface area contributed by atoms with Crippen molar-refractivity contribution in [3.63, 3.8) is 0 Å². The van der Waals surface area contributed by atoms with E-state index in [1.165, 1.54) is 24.7 Å². The lowest BCUT2D eigenvalue weighted by molar-refractivity contribution is 0.0229. The third-order valence-electron chi connectivity index (χ3n) is 3.99. The Hall–Kier alpha value is -2.21. The largest absolute Gasteiger partial charge is 0.472 e. The lowest BCUT2D eigenvalue weighted by Crippen LogP contribution is -2.41. The number of halogens is 2. The van der Waals surface area contributed by atoms with Gasteiger partial charge in [0.1, 0.15) is 17.9 Å². The van der Waals surface area contributed by atoms with E-state index in [-0.39, 0.29) is 11.5 Å². The number of benzene rings is 1. The van der Waals surface area contributed by atoms with Crippen molar-refractivity contribution < 1.29 is 23.1 Å². The number of nitrogens with one attached hydrogen (secondary N) is 1. The molecular weight excluding hydrogens is 292 g/mol. The summed E-state index contributed by atoms with van der Waals surface area (Å²) in [5.74, 6) is -1.87. The van der Waals surface area contributed by atoms with E-state index in [2.05, 4.69) is 5.32 Å². The van der Waals surface area contributed by atoms with Gasteiger partial charge in [0.15, 0.2) is 0 Å². The van der Waals surface area contributed by atoms with Crippen LogP contribution in [0.15, 0.2) is 41.2 Å². The molecule has 1 aliphatic rings. The first-order chi connectivity index (χ1) is 10.5. The summed E-state index contributed by atoms with van der Waals surface area (Å²) in [5.41, 5.74) is 0.544. The summed E-state index contributed by atoms with van der Waals surface area (Å²) in [6.45, 7) is 0. The van der Waals surface area contributed by atoms with Gasteiger partial charge in [-0.2, -0.15) is 0 Å². The topological polar surface area (TPSA) is 62.5 Å². The van der Waals surface area contributed by atoms with Crippen LogP contribution in [0, 0.1) is 17.6 Å². The molecule has 0 bridgehead atoms. The molecule has 3 rings (SSSR count). The molecule has 1 fully saturated rings. The Labute approximate surface area is 125 Å². The van der Waals surface area contributed by atoms with Crippen molar-refractivity contribution in [2.75, 3.05) is 0 Å². The average molecular weight is 307 g/mol. The highest BCUT2D eigenvalue weighted by Crippen LogP contribution is 2.39. The molecule has 4 nitrogen and oxygen atoms in total. The quantitative estimate of drug-likeness (QED) is 0.913. The predicted molar refractivity (Wildman–Crippen MR) is 74.0 cm³/mol. The van der Waals surface area contributed by atoms with Crippen LogP contribution in [-0.4, -0.2) is 17.1 Å². The van der Waals surface area contributed by atoms with Crippen LogP contribution in [0.1, 0.15) is 34.8 Å². The molecule has 22 heavy (non-hydrogen) atoms.